The zero-order valence-corrected chi connectivity index (χ0v) is 11.2. The minimum absolute atomic E-state index is 0.00601. The maximum atomic E-state index is 10.8. The first-order valence-corrected chi connectivity index (χ1v) is 6.56. The molecule has 1 aliphatic heterocycles. The van der Waals surface area contributed by atoms with Crippen molar-refractivity contribution in [1.82, 2.24) is 4.98 Å². The number of nitrogens with zero attached hydrogens (tertiary/aromatic N) is 1. The summed E-state index contributed by atoms with van der Waals surface area (Å²) in [6, 6.07) is 5.89. The third-order valence-electron chi connectivity index (χ3n) is 3.63. The van der Waals surface area contributed by atoms with Gasteiger partial charge in [-0.1, -0.05) is 6.07 Å². The topological polar surface area (TPSA) is 59.4 Å². The number of carboxylic acids is 1. The van der Waals surface area contributed by atoms with Gasteiger partial charge in [-0.2, -0.15) is 0 Å². The number of hydrogen-bond acceptors (Lipinski definition) is 3. The number of pyridine rings is 1. The van der Waals surface area contributed by atoms with Gasteiger partial charge in [0.15, 0.2) is 0 Å². The van der Waals surface area contributed by atoms with Crippen LogP contribution in [-0.4, -0.2) is 22.7 Å². The molecule has 2 heterocycles. The Balaban J connectivity index is 2.03. The van der Waals surface area contributed by atoms with Crippen molar-refractivity contribution in [3.63, 3.8) is 0 Å². The predicted molar refractivity (Wildman–Crippen MR) is 74.9 cm³/mol. The molecule has 0 spiro atoms. The number of carboxylic acid groups (broad SMARTS) is 1. The molecule has 0 unspecified atom stereocenters. The van der Waals surface area contributed by atoms with Crippen molar-refractivity contribution in [2.45, 2.75) is 19.8 Å². The van der Waals surface area contributed by atoms with Crippen LogP contribution in [0.15, 0.2) is 30.6 Å². The van der Waals surface area contributed by atoms with Crippen LogP contribution in [-0.2, 0) is 17.6 Å². The van der Waals surface area contributed by atoms with E-state index in [1.54, 1.807) is 12.4 Å². The van der Waals surface area contributed by atoms with Gasteiger partial charge in [0.2, 0.25) is 0 Å². The molecule has 2 aromatic rings. The molecule has 0 fully saturated rings. The molecule has 0 aliphatic carbocycles. The second kappa shape index (κ2) is 4.96. The molecule has 1 N–H and O–H groups in total. The lowest BCUT2D eigenvalue weighted by Gasteiger charge is -2.10. The first-order valence-electron chi connectivity index (χ1n) is 6.56. The fourth-order valence-electron chi connectivity index (χ4n) is 2.66. The van der Waals surface area contributed by atoms with Crippen molar-refractivity contribution in [3.05, 3.63) is 47.3 Å². The van der Waals surface area contributed by atoms with Crippen molar-refractivity contribution >= 4 is 5.97 Å². The van der Waals surface area contributed by atoms with Gasteiger partial charge >= 0.3 is 5.97 Å². The van der Waals surface area contributed by atoms with Crippen molar-refractivity contribution < 1.29 is 14.6 Å². The molecule has 1 aliphatic rings. The first kappa shape index (κ1) is 12.7. The highest BCUT2D eigenvalue weighted by molar-refractivity contribution is 5.73. The van der Waals surface area contributed by atoms with Crippen LogP contribution in [0, 0.1) is 6.92 Å². The summed E-state index contributed by atoms with van der Waals surface area (Å²) in [4.78, 5) is 14.9. The maximum Gasteiger partial charge on any atom is 0.307 e. The molecule has 3 rings (SSSR count). The van der Waals surface area contributed by atoms with Gasteiger partial charge < -0.3 is 9.84 Å². The monoisotopic (exact) mass is 269 g/mol. The van der Waals surface area contributed by atoms with E-state index in [0.29, 0.717) is 5.56 Å². The number of ether oxygens (including phenoxy) is 1. The van der Waals surface area contributed by atoms with Crippen LogP contribution in [0.2, 0.25) is 0 Å². The highest BCUT2D eigenvalue weighted by atomic mass is 16.5. The Bertz CT molecular complexity index is 679. The van der Waals surface area contributed by atoms with E-state index in [1.807, 2.05) is 18.2 Å². The van der Waals surface area contributed by atoms with Crippen LogP contribution in [0.25, 0.3) is 11.1 Å². The highest BCUT2D eigenvalue weighted by Crippen LogP contribution is 2.34. The Hall–Kier alpha value is -2.36. The van der Waals surface area contributed by atoms with Crippen LogP contribution in [0.5, 0.6) is 5.75 Å². The van der Waals surface area contributed by atoms with Crippen LogP contribution < -0.4 is 4.74 Å². The SMILES string of the molecule is Cc1c(-c2cncc(CC(=O)O)c2)ccc2c1CCO2. The summed E-state index contributed by atoms with van der Waals surface area (Å²) in [5.41, 5.74) is 5.19. The van der Waals surface area contributed by atoms with E-state index in [2.05, 4.69) is 11.9 Å². The van der Waals surface area contributed by atoms with Gasteiger partial charge in [-0.25, -0.2) is 0 Å². The van der Waals surface area contributed by atoms with Crippen molar-refractivity contribution in [1.29, 1.82) is 0 Å². The third kappa shape index (κ3) is 2.25. The van der Waals surface area contributed by atoms with E-state index >= 15 is 0 Å². The highest BCUT2D eigenvalue weighted by Gasteiger charge is 2.17. The first-order chi connectivity index (χ1) is 9.65. The Morgan fingerprint density at radius 2 is 2.25 bits per heavy atom. The van der Waals surface area contributed by atoms with E-state index in [1.165, 1.54) is 11.1 Å². The number of aliphatic carboxylic acids is 1. The van der Waals surface area contributed by atoms with Crippen LogP contribution in [0.1, 0.15) is 16.7 Å². The number of rotatable bonds is 3. The zero-order chi connectivity index (χ0) is 14.1. The molecule has 102 valence electrons. The summed E-state index contributed by atoms with van der Waals surface area (Å²) in [5, 5.41) is 8.87. The normalized spacial score (nSPS) is 12.8. The minimum atomic E-state index is -0.844. The predicted octanol–water partition coefficient (Wildman–Crippen LogP) is 2.62. The molecule has 0 saturated carbocycles. The quantitative estimate of drug-likeness (QED) is 0.930. The average molecular weight is 269 g/mol. The molecule has 20 heavy (non-hydrogen) atoms. The van der Waals surface area contributed by atoms with Crippen molar-refractivity contribution in [2.24, 2.45) is 0 Å². The molecular formula is C16H15NO3. The van der Waals surface area contributed by atoms with E-state index < -0.39 is 5.97 Å². The number of aromatic nitrogens is 1. The van der Waals surface area contributed by atoms with Gasteiger partial charge in [0.05, 0.1) is 13.0 Å². The number of carbonyl (C=O) groups is 1. The van der Waals surface area contributed by atoms with Crippen LogP contribution in [0.4, 0.5) is 0 Å². The number of fused-ring (bicyclic) bond motifs is 1. The van der Waals surface area contributed by atoms with Gasteiger partial charge in [-0.15, -0.1) is 0 Å². The Kier molecular flexibility index (Phi) is 3.14. The zero-order valence-electron chi connectivity index (χ0n) is 11.2. The third-order valence-corrected chi connectivity index (χ3v) is 3.63. The number of benzene rings is 1. The lowest BCUT2D eigenvalue weighted by Crippen LogP contribution is -2.01. The van der Waals surface area contributed by atoms with Gasteiger partial charge in [0.25, 0.3) is 0 Å². The second-order valence-electron chi connectivity index (χ2n) is 4.97. The molecule has 0 radical (unpaired) electrons. The van der Waals surface area contributed by atoms with E-state index in [9.17, 15) is 4.79 Å². The lowest BCUT2D eigenvalue weighted by molar-refractivity contribution is -0.136. The second-order valence-corrected chi connectivity index (χ2v) is 4.97. The molecule has 1 aromatic carbocycles. The molecule has 4 heteroatoms. The van der Waals surface area contributed by atoms with Gasteiger partial charge in [-0.05, 0) is 35.7 Å². The van der Waals surface area contributed by atoms with Gasteiger partial charge in [-0.3, -0.25) is 9.78 Å². The summed E-state index contributed by atoms with van der Waals surface area (Å²) in [5.74, 6) is 0.115. The van der Waals surface area contributed by atoms with E-state index in [0.717, 1.165) is 29.9 Å². The Labute approximate surface area is 117 Å². The summed E-state index contributed by atoms with van der Waals surface area (Å²) >= 11 is 0. The summed E-state index contributed by atoms with van der Waals surface area (Å²) < 4.78 is 5.55. The van der Waals surface area contributed by atoms with E-state index in [4.69, 9.17) is 9.84 Å². The molecular weight excluding hydrogens is 254 g/mol. The molecule has 1 aromatic heterocycles. The fourth-order valence-corrected chi connectivity index (χ4v) is 2.66. The summed E-state index contributed by atoms with van der Waals surface area (Å²) in [6.45, 7) is 2.81. The smallest absolute Gasteiger partial charge is 0.307 e. The Morgan fingerprint density at radius 3 is 3.05 bits per heavy atom. The van der Waals surface area contributed by atoms with Crippen LogP contribution in [0.3, 0.4) is 0 Å². The van der Waals surface area contributed by atoms with Crippen LogP contribution >= 0.6 is 0 Å². The van der Waals surface area contributed by atoms with E-state index in [-0.39, 0.29) is 6.42 Å². The number of hydrogen-bond donors (Lipinski definition) is 1. The molecule has 0 amide bonds. The van der Waals surface area contributed by atoms with Crippen molar-refractivity contribution in [3.8, 4) is 16.9 Å². The largest absolute Gasteiger partial charge is 0.493 e. The fraction of sp³-hybridized carbons (Fsp3) is 0.250. The standard InChI is InChI=1S/C16H15NO3/c1-10-13(2-3-15-14(10)4-5-20-15)12-6-11(7-16(18)19)8-17-9-12/h2-3,6,8-9H,4-5,7H2,1H3,(H,18,19). The summed E-state index contributed by atoms with van der Waals surface area (Å²) in [6.07, 6.45) is 4.30. The minimum Gasteiger partial charge on any atom is -0.493 e. The maximum absolute atomic E-state index is 10.8. The van der Waals surface area contributed by atoms with Gasteiger partial charge in [0.1, 0.15) is 5.75 Å². The molecule has 0 bridgehead atoms. The van der Waals surface area contributed by atoms with Gasteiger partial charge in [0, 0.05) is 29.9 Å². The molecule has 4 nitrogen and oxygen atoms in total. The Morgan fingerprint density at radius 1 is 1.40 bits per heavy atom. The summed E-state index contributed by atoms with van der Waals surface area (Å²) in [7, 11) is 0. The molecule has 0 atom stereocenters. The lowest BCUT2D eigenvalue weighted by atomic mass is 9.95. The van der Waals surface area contributed by atoms with Crippen molar-refractivity contribution in [2.75, 3.05) is 6.61 Å². The average Bonchev–Trinajstić information content (AvgIpc) is 2.88. The molecule has 0 saturated heterocycles.